The van der Waals surface area contributed by atoms with Crippen molar-refractivity contribution in [2.75, 3.05) is 6.54 Å². The minimum Gasteiger partial charge on any atom is -0.352 e. The van der Waals surface area contributed by atoms with Crippen molar-refractivity contribution >= 4 is 11.8 Å². The Bertz CT molecular complexity index is 470. The molecular weight excluding hydrogens is 266 g/mol. The highest BCUT2D eigenvalue weighted by molar-refractivity contribution is 5.88. The fraction of sp³-hybridized carbons (Fsp3) is 0.500. The molecule has 0 radical (unpaired) electrons. The van der Waals surface area contributed by atoms with Gasteiger partial charge in [0.2, 0.25) is 11.8 Å². The first kappa shape index (κ1) is 15.5. The van der Waals surface area contributed by atoms with Crippen molar-refractivity contribution in [2.24, 2.45) is 5.73 Å². The smallest absolute Gasteiger partial charge is 0.241 e. The molecule has 5 heteroatoms. The van der Waals surface area contributed by atoms with Gasteiger partial charge in [-0.2, -0.15) is 0 Å². The number of hydrogen-bond donors (Lipinski definition) is 3. The van der Waals surface area contributed by atoms with Crippen LogP contribution < -0.4 is 16.4 Å². The Hall–Kier alpha value is -1.88. The van der Waals surface area contributed by atoms with E-state index < -0.39 is 6.04 Å². The molecule has 1 aliphatic rings. The fourth-order valence-corrected chi connectivity index (χ4v) is 2.61. The number of benzene rings is 1. The van der Waals surface area contributed by atoms with Crippen LogP contribution >= 0.6 is 0 Å². The Morgan fingerprint density at radius 3 is 2.48 bits per heavy atom. The zero-order chi connectivity index (χ0) is 15.1. The Balaban J connectivity index is 1.74. The van der Waals surface area contributed by atoms with Crippen molar-refractivity contribution in [2.45, 2.75) is 44.2 Å². The molecule has 0 aromatic heterocycles. The van der Waals surface area contributed by atoms with Crippen molar-refractivity contribution in [1.29, 1.82) is 0 Å². The molecule has 0 aliphatic heterocycles. The minimum atomic E-state index is -0.742. The van der Waals surface area contributed by atoms with Gasteiger partial charge in [0.25, 0.3) is 0 Å². The van der Waals surface area contributed by atoms with E-state index >= 15 is 0 Å². The zero-order valence-corrected chi connectivity index (χ0v) is 12.2. The summed E-state index contributed by atoms with van der Waals surface area (Å²) in [6.07, 6.45) is 5.63. The summed E-state index contributed by atoms with van der Waals surface area (Å²) >= 11 is 0. The molecular formula is C16H23N3O2. The monoisotopic (exact) mass is 289 g/mol. The van der Waals surface area contributed by atoms with E-state index in [1.807, 2.05) is 18.2 Å². The first-order chi connectivity index (χ1) is 10.2. The van der Waals surface area contributed by atoms with Crippen molar-refractivity contribution in [1.82, 2.24) is 10.6 Å². The van der Waals surface area contributed by atoms with Gasteiger partial charge >= 0.3 is 0 Å². The lowest BCUT2D eigenvalue weighted by molar-refractivity contribution is -0.127. The fourth-order valence-electron chi connectivity index (χ4n) is 2.61. The molecule has 0 saturated heterocycles. The van der Waals surface area contributed by atoms with Crippen LogP contribution in [0.5, 0.6) is 0 Å². The van der Waals surface area contributed by atoms with Crippen LogP contribution in [0.25, 0.3) is 0 Å². The number of rotatable bonds is 5. The molecule has 4 N–H and O–H groups in total. The second-order valence-electron chi connectivity index (χ2n) is 5.51. The number of carbonyl (C=O) groups excluding carboxylic acids is 2. The topological polar surface area (TPSA) is 84.2 Å². The van der Waals surface area contributed by atoms with E-state index in [0.29, 0.717) is 0 Å². The quantitative estimate of drug-likeness (QED) is 0.763. The molecule has 1 saturated carbocycles. The van der Waals surface area contributed by atoms with Gasteiger partial charge in [-0.25, -0.2) is 0 Å². The highest BCUT2D eigenvalue weighted by Gasteiger charge is 2.18. The van der Waals surface area contributed by atoms with E-state index in [2.05, 4.69) is 10.6 Å². The first-order valence-corrected chi connectivity index (χ1v) is 7.54. The van der Waals surface area contributed by atoms with Gasteiger partial charge in [0.05, 0.1) is 6.54 Å². The maximum atomic E-state index is 11.9. The lowest BCUT2D eigenvalue weighted by Crippen LogP contribution is -2.44. The Morgan fingerprint density at radius 1 is 1.14 bits per heavy atom. The summed E-state index contributed by atoms with van der Waals surface area (Å²) in [6.45, 7) is -0.0180. The second-order valence-corrected chi connectivity index (χ2v) is 5.51. The van der Waals surface area contributed by atoms with E-state index in [1.165, 1.54) is 6.42 Å². The SMILES string of the molecule is NC(C(=O)NCC(=O)NC1CCCCC1)c1ccccc1. The Labute approximate surface area is 125 Å². The van der Waals surface area contributed by atoms with Gasteiger partial charge in [0.1, 0.15) is 6.04 Å². The van der Waals surface area contributed by atoms with E-state index in [1.54, 1.807) is 12.1 Å². The molecule has 1 aromatic rings. The van der Waals surface area contributed by atoms with Crippen LogP contribution in [0.4, 0.5) is 0 Å². The van der Waals surface area contributed by atoms with E-state index in [0.717, 1.165) is 31.2 Å². The van der Waals surface area contributed by atoms with Crippen LogP contribution in [-0.2, 0) is 9.59 Å². The summed E-state index contributed by atoms with van der Waals surface area (Å²) in [6, 6.07) is 8.64. The first-order valence-electron chi connectivity index (χ1n) is 7.54. The number of nitrogens with two attached hydrogens (primary N) is 1. The summed E-state index contributed by atoms with van der Waals surface area (Å²) in [4.78, 5) is 23.7. The molecule has 1 atom stereocenters. The molecule has 0 bridgehead atoms. The molecule has 21 heavy (non-hydrogen) atoms. The van der Waals surface area contributed by atoms with Crippen LogP contribution in [-0.4, -0.2) is 24.4 Å². The summed E-state index contributed by atoms with van der Waals surface area (Å²) in [5, 5.41) is 5.55. The second kappa shape index (κ2) is 7.78. The van der Waals surface area contributed by atoms with E-state index in [4.69, 9.17) is 5.73 Å². The Kier molecular flexibility index (Phi) is 5.75. The van der Waals surface area contributed by atoms with Crippen LogP contribution in [0.1, 0.15) is 43.7 Å². The maximum absolute atomic E-state index is 11.9. The third kappa shape index (κ3) is 4.86. The number of hydrogen-bond acceptors (Lipinski definition) is 3. The van der Waals surface area contributed by atoms with Crippen LogP contribution in [0.2, 0.25) is 0 Å². The van der Waals surface area contributed by atoms with Crippen molar-refractivity contribution in [3.8, 4) is 0 Å². The van der Waals surface area contributed by atoms with Crippen molar-refractivity contribution < 1.29 is 9.59 Å². The van der Waals surface area contributed by atoms with Crippen molar-refractivity contribution in [3.63, 3.8) is 0 Å². The minimum absolute atomic E-state index is 0.0180. The van der Waals surface area contributed by atoms with Gasteiger partial charge in [-0.15, -0.1) is 0 Å². The number of amides is 2. The molecule has 5 nitrogen and oxygen atoms in total. The third-order valence-electron chi connectivity index (χ3n) is 3.83. The van der Waals surface area contributed by atoms with Gasteiger partial charge in [-0.1, -0.05) is 49.6 Å². The highest BCUT2D eigenvalue weighted by atomic mass is 16.2. The van der Waals surface area contributed by atoms with Crippen LogP contribution in [0.15, 0.2) is 30.3 Å². The standard InChI is InChI=1S/C16H23N3O2/c17-15(12-7-3-1-4-8-12)16(21)18-11-14(20)19-13-9-5-2-6-10-13/h1,3-4,7-8,13,15H,2,5-6,9-11,17H2,(H,18,21)(H,19,20). The molecule has 1 fully saturated rings. The van der Waals surface area contributed by atoms with Gasteiger partial charge in [0.15, 0.2) is 0 Å². The predicted octanol–water partition coefficient (Wildman–Crippen LogP) is 1.25. The maximum Gasteiger partial charge on any atom is 0.241 e. The number of carbonyl (C=O) groups is 2. The molecule has 1 aliphatic carbocycles. The average molecular weight is 289 g/mol. The van der Waals surface area contributed by atoms with Crippen LogP contribution in [0.3, 0.4) is 0 Å². The number of nitrogens with one attached hydrogen (secondary N) is 2. The largest absolute Gasteiger partial charge is 0.352 e. The Morgan fingerprint density at radius 2 is 1.81 bits per heavy atom. The van der Waals surface area contributed by atoms with Gasteiger partial charge < -0.3 is 16.4 Å². The molecule has 0 spiro atoms. The summed E-state index contributed by atoms with van der Waals surface area (Å²) in [7, 11) is 0. The highest BCUT2D eigenvalue weighted by Crippen LogP contribution is 2.17. The zero-order valence-electron chi connectivity index (χ0n) is 12.2. The van der Waals surface area contributed by atoms with Crippen molar-refractivity contribution in [3.05, 3.63) is 35.9 Å². The lowest BCUT2D eigenvalue weighted by Gasteiger charge is -2.23. The third-order valence-corrected chi connectivity index (χ3v) is 3.83. The van der Waals surface area contributed by atoms with Gasteiger partial charge in [-0.3, -0.25) is 9.59 Å². The lowest BCUT2D eigenvalue weighted by atomic mass is 9.95. The normalized spacial score (nSPS) is 17.0. The molecule has 114 valence electrons. The average Bonchev–Trinajstić information content (AvgIpc) is 2.53. The predicted molar refractivity (Wildman–Crippen MR) is 81.4 cm³/mol. The van der Waals surface area contributed by atoms with E-state index in [-0.39, 0.29) is 24.4 Å². The molecule has 2 rings (SSSR count). The molecule has 1 unspecified atom stereocenters. The molecule has 0 heterocycles. The van der Waals surface area contributed by atoms with E-state index in [9.17, 15) is 9.59 Å². The summed E-state index contributed by atoms with van der Waals surface area (Å²) in [5.74, 6) is -0.476. The van der Waals surface area contributed by atoms with Crippen LogP contribution in [0, 0.1) is 0 Å². The van der Waals surface area contributed by atoms with Gasteiger partial charge in [0, 0.05) is 6.04 Å². The molecule has 2 amide bonds. The summed E-state index contributed by atoms with van der Waals surface area (Å²) < 4.78 is 0. The summed E-state index contributed by atoms with van der Waals surface area (Å²) in [5.41, 5.74) is 6.60. The van der Waals surface area contributed by atoms with Gasteiger partial charge in [-0.05, 0) is 18.4 Å². The molecule has 1 aromatic carbocycles.